The number of nitrogens with zero attached hydrogens (tertiary/aromatic N) is 4. The third-order valence-electron chi connectivity index (χ3n) is 6.51. The fraction of sp³-hybridized carbons (Fsp3) is 0.407. The number of nitrogens with one attached hydrogen (secondary N) is 1. The van der Waals surface area contributed by atoms with E-state index in [1.54, 1.807) is 7.11 Å². The first-order valence-corrected chi connectivity index (χ1v) is 12.4. The van der Waals surface area contributed by atoms with Gasteiger partial charge in [-0.15, -0.1) is 5.10 Å². The van der Waals surface area contributed by atoms with Crippen molar-refractivity contribution >= 4 is 22.9 Å². The van der Waals surface area contributed by atoms with Crippen molar-refractivity contribution in [3.8, 4) is 5.75 Å². The van der Waals surface area contributed by atoms with Crippen molar-refractivity contribution < 1.29 is 19.3 Å². The lowest BCUT2D eigenvalue weighted by molar-refractivity contribution is 0.00466. The molecular weight excluding hydrogens is 458 g/mol. The van der Waals surface area contributed by atoms with Crippen molar-refractivity contribution in [3.63, 3.8) is 0 Å². The van der Waals surface area contributed by atoms with E-state index < -0.39 is 6.10 Å². The van der Waals surface area contributed by atoms with Gasteiger partial charge in [-0.2, -0.15) is 4.98 Å². The van der Waals surface area contributed by atoms with Gasteiger partial charge in [0.25, 0.3) is 0 Å². The van der Waals surface area contributed by atoms with E-state index in [4.69, 9.17) is 19.3 Å². The maximum Gasteiger partial charge on any atom is 0.247 e. The zero-order valence-electron chi connectivity index (χ0n) is 20.8. The van der Waals surface area contributed by atoms with Crippen LogP contribution in [-0.4, -0.2) is 77.3 Å². The quantitative estimate of drug-likeness (QED) is 0.470. The minimum Gasteiger partial charge on any atom is -0.501 e. The number of methoxy groups -OCH3 is 1. The first-order valence-electron chi connectivity index (χ1n) is 12.4. The topological polar surface area (TPSA) is 93.4 Å². The molecule has 1 aliphatic carbocycles. The number of pyridine rings is 1. The Morgan fingerprint density at radius 2 is 1.94 bits per heavy atom. The first kappa shape index (κ1) is 24.3. The van der Waals surface area contributed by atoms with Crippen LogP contribution in [0.5, 0.6) is 5.75 Å². The van der Waals surface area contributed by atoms with Crippen molar-refractivity contribution in [2.75, 3.05) is 51.9 Å². The van der Waals surface area contributed by atoms with Crippen LogP contribution in [0.2, 0.25) is 0 Å². The molecule has 36 heavy (non-hydrogen) atoms. The van der Waals surface area contributed by atoms with Gasteiger partial charge >= 0.3 is 0 Å². The number of aliphatic hydroxyl groups excluding tert-OH is 1. The molecule has 1 fully saturated rings. The van der Waals surface area contributed by atoms with E-state index in [2.05, 4.69) is 34.3 Å². The highest BCUT2D eigenvalue weighted by atomic mass is 16.5. The number of hydrogen-bond acceptors (Lipinski definition) is 8. The molecule has 9 heteroatoms. The lowest BCUT2D eigenvalue weighted by Gasteiger charge is -2.28. The SMILES string of the molecule is COC1=CC=C(c2cccc3nc(Nc4ccc(OCC(O)CN5CCOCC5)cc4)nn23)CC1C. The zero-order chi connectivity index (χ0) is 24.9. The van der Waals surface area contributed by atoms with Crippen LogP contribution in [0.1, 0.15) is 19.0 Å². The summed E-state index contributed by atoms with van der Waals surface area (Å²) < 4.78 is 18.5. The molecule has 2 atom stereocenters. The standard InChI is InChI=1S/C27H33N5O4/c1-19-16-20(6-11-25(19)34-2)24-4-3-5-26-29-27(30-32(24)26)28-21-7-9-23(10-8-21)36-18-22(33)17-31-12-14-35-15-13-31/h3-11,19,22,33H,12-18H2,1-2H3,(H,28,30). The molecule has 0 saturated carbocycles. The highest BCUT2D eigenvalue weighted by Crippen LogP contribution is 2.31. The largest absolute Gasteiger partial charge is 0.501 e. The molecule has 0 bridgehead atoms. The Bertz CT molecular complexity index is 1230. The number of rotatable bonds is 9. The van der Waals surface area contributed by atoms with Gasteiger partial charge in [0, 0.05) is 31.2 Å². The number of fused-ring (bicyclic) bond motifs is 1. The molecule has 9 nitrogen and oxygen atoms in total. The van der Waals surface area contributed by atoms with Crippen LogP contribution in [0.25, 0.3) is 11.2 Å². The third-order valence-corrected chi connectivity index (χ3v) is 6.51. The second-order valence-electron chi connectivity index (χ2n) is 9.21. The van der Waals surface area contributed by atoms with E-state index in [1.165, 1.54) is 5.57 Å². The molecule has 0 spiro atoms. The average Bonchev–Trinajstić information content (AvgIpc) is 3.31. The molecule has 0 amide bonds. The lowest BCUT2D eigenvalue weighted by Crippen LogP contribution is -2.42. The minimum absolute atomic E-state index is 0.246. The van der Waals surface area contributed by atoms with Crippen molar-refractivity contribution in [2.45, 2.75) is 19.4 Å². The Balaban J connectivity index is 1.21. The molecule has 1 aliphatic heterocycles. The van der Waals surface area contributed by atoms with Gasteiger partial charge in [0.05, 0.1) is 31.8 Å². The summed E-state index contributed by atoms with van der Waals surface area (Å²) in [5.41, 5.74) is 3.85. The van der Waals surface area contributed by atoms with Gasteiger partial charge in [0.15, 0.2) is 5.65 Å². The fourth-order valence-corrected chi connectivity index (χ4v) is 4.60. The Morgan fingerprint density at radius 1 is 1.14 bits per heavy atom. The molecule has 2 N–H and O–H groups in total. The fourth-order valence-electron chi connectivity index (χ4n) is 4.60. The first-order chi connectivity index (χ1) is 17.6. The summed E-state index contributed by atoms with van der Waals surface area (Å²) in [6, 6.07) is 13.6. The van der Waals surface area contributed by atoms with Gasteiger partial charge in [0.2, 0.25) is 5.95 Å². The number of morpholine rings is 1. The summed E-state index contributed by atoms with van der Waals surface area (Å²) >= 11 is 0. The number of anilines is 2. The summed E-state index contributed by atoms with van der Waals surface area (Å²) in [5.74, 6) is 2.53. The Hall–Kier alpha value is -3.40. The second kappa shape index (κ2) is 11.1. The van der Waals surface area contributed by atoms with E-state index in [9.17, 15) is 5.11 Å². The van der Waals surface area contributed by atoms with Gasteiger partial charge in [-0.05, 0) is 54.5 Å². The summed E-state index contributed by atoms with van der Waals surface area (Å²) in [7, 11) is 1.71. The van der Waals surface area contributed by atoms with Gasteiger partial charge in [-0.25, -0.2) is 4.52 Å². The minimum atomic E-state index is -0.545. The van der Waals surface area contributed by atoms with Gasteiger partial charge < -0.3 is 24.6 Å². The number of β-amino-alcohol motifs (C(OH)–C–C–N with tert-alkyl or cyclic N) is 1. The Kier molecular flexibility index (Phi) is 7.50. The predicted octanol–water partition coefficient (Wildman–Crippen LogP) is 3.50. The maximum absolute atomic E-state index is 10.3. The predicted molar refractivity (Wildman–Crippen MR) is 138 cm³/mol. The summed E-state index contributed by atoms with van der Waals surface area (Å²) in [6.07, 6.45) is 4.46. The van der Waals surface area contributed by atoms with E-state index in [0.29, 0.717) is 37.4 Å². The van der Waals surface area contributed by atoms with Crippen molar-refractivity contribution in [1.82, 2.24) is 19.5 Å². The molecule has 5 rings (SSSR count). The van der Waals surface area contributed by atoms with Crippen LogP contribution in [0.4, 0.5) is 11.6 Å². The highest BCUT2D eigenvalue weighted by Gasteiger charge is 2.19. The monoisotopic (exact) mass is 491 g/mol. The van der Waals surface area contributed by atoms with E-state index >= 15 is 0 Å². The number of aliphatic hydroxyl groups is 1. The summed E-state index contributed by atoms with van der Waals surface area (Å²) in [6.45, 7) is 6.12. The molecule has 2 aliphatic rings. The Labute approximate surface area is 211 Å². The van der Waals surface area contributed by atoms with Crippen LogP contribution in [0.3, 0.4) is 0 Å². The van der Waals surface area contributed by atoms with E-state index in [1.807, 2.05) is 47.0 Å². The van der Waals surface area contributed by atoms with Crippen LogP contribution in [-0.2, 0) is 9.47 Å². The number of ether oxygens (including phenoxy) is 3. The number of hydrogen-bond donors (Lipinski definition) is 2. The molecule has 1 aromatic carbocycles. The molecule has 0 radical (unpaired) electrons. The smallest absolute Gasteiger partial charge is 0.247 e. The van der Waals surface area contributed by atoms with Crippen LogP contribution < -0.4 is 10.1 Å². The van der Waals surface area contributed by atoms with Crippen LogP contribution >= 0.6 is 0 Å². The molecule has 190 valence electrons. The third kappa shape index (κ3) is 5.70. The van der Waals surface area contributed by atoms with E-state index in [-0.39, 0.29) is 6.61 Å². The Morgan fingerprint density at radius 3 is 2.69 bits per heavy atom. The molecule has 2 unspecified atom stereocenters. The summed E-state index contributed by atoms with van der Waals surface area (Å²) in [4.78, 5) is 6.84. The zero-order valence-corrected chi connectivity index (χ0v) is 20.8. The van der Waals surface area contributed by atoms with Crippen molar-refractivity contribution in [2.24, 2.45) is 5.92 Å². The van der Waals surface area contributed by atoms with Gasteiger partial charge in [0.1, 0.15) is 18.5 Å². The molecule has 3 aromatic rings. The highest BCUT2D eigenvalue weighted by molar-refractivity contribution is 5.69. The molecule has 2 aromatic heterocycles. The van der Waals surface area contributed by atoms with Crippen molar-refractivity contribution in [3.05, 3.63) is 66.1 Å². The molecule has 3 heterocycles. The normalized spacial score (nSPS) is 19.5. The summed E-state index contributed by atoms with van der Waals surface area (Å²) in [5, 5.41) is 18.3. The maximum atomic E-state index is 10.3. The average molecular weight is 492 g/mol. The number of allylic oxidation sites excluding steroid dienone is 4. The lowest BCUT2D eigenvalue weighted by atomic mass is 9.92. The van der Waals surface area contributed by atoms with Crippen LogP contribution in [0, 0.1) is 5.92 Å². The molecule has 1 saturated heterocycles. The number of aromatic nitrogens is 3. The number of benzene rings is 1. The second-order valence-corrected chi connectivity index (χ2v) is 9.21. The molecular formula is C27H33N5O4. The van der Waals surface area contributed by atoms with Crippen LogP contribution in [0.15, 0.2) is 60.4 Å². The van der Waals surface area contributed by atoms with Crippen molar-refractivity contribution in [1.29, 1.82) is 0 Å². The van der Waals surface area contributed by atoms with Gasteiger partial charge in [-0.1, -0.05) is 19.1 Å². The van der Waals surface area contributed by atoms with Gasteiger partial charge in [-0.3, -0.25) is 4.90 Å². The van der Waals surface area contributed by atoms with E-state index in [0.717, 1.165) is 42.3 Å².